The second-order valence-electron chi connectivity index (χ2n) is 6.60. The lowest BCUT2D eigenvalue weighted by Crippen LogP contribution is -2.52. The standard InChI is InChI=1S/C17H20N8O2/c18-15-22-14(26)17(23-15)5-7-24(8-6-17)16(27)20-9-12-3-1-2-4-13(12)25-11-19-10-21-25/h1-4,10-11H,5-9H2,(H,20,27)(H3,18,22,23,26). The number of nitrogens with one attached hydrogen (secondary N) is 2. The summed E-state index contributed by atoms with van der Waals surface area (Å²) in [4.78, 5) is 34.5. The van der Waals surface area contributed by atoms with Gasteiger partial charge in [0.15, 0.2) is 5.96 Å². The van der Waals surface area contributed by atoms with E-state index in [2.05, 4.69) is 25.7 Å². The quantitative estimate of drug-likeness (QED) is 0.688. The molecule has 3 amide bonds. The Kier molecular flexibility index (Phi) is 4.22. The van der Waals surface area contributed by atoms with Crippen molar-refractivity contribution in [3.63, 3.8) is 0 Å². The molecule has 2 aromatic rings. The van der Waals surface area contributed by atoms with Crippen LogP contribution in [-0.4, -0.2) is 56.2 Å². The highest BCUT2D eigenvalue weighted by molar-refractivity contribution is 6.06. The van der Waals surface area contributed by atoms with Crippen LogP contribution in [0.3, 0.4) is 0 Å². The number of amides is 3. The molecule has 1 aromatic carbocycles. The summed E-state index contributed by atoms with van der Waals surface area (Å²) in [6, 6.07) is 7.50. The van der Waals surface area contributed by atoms with Crippen LogP contribution >= 0.6 is 0 Å². The molecular formula is C17H20N8O2. The summed E-state index contributed by atoms with van der Waals surface area (Å²) in [6.45, 7) is 1.25. The highest BCUT2D eigenvalue weighted by Crippen LogP contribution is 2.29. The number of benzene rings is 1. The lowest BCUT2D eigenvalue weighted by Gasteiger charge is -2.35. The number of carbonyl (C=O) groups excluding carboxylic acids is 2. The molecule has 0 radical (unpaired) electrons. The molecule has 4 N–H and O–H groups in total. The van der Waals surface area contributed by atoms with Crippen LogP contribution < -0.4 is 16.4 Å². The number of para-hydroxylation sites is 1. The summed E-state index contributed by atoms with van der Waals surface area (Å²) in [5, 5.41) is 9.62. The first kappa shape index (κ1) is 17.0. The lowest BCUT2D eigenvalue weighted by atomic mass is 9.88. The van der Waals surface area contributed by atoms with Crippen LogP contribution in [0.1, 0.15) is 18.4 Å². The van der Waals surface area contributed by atoms with Gasteiger partial charge in [-0.15, -0.1) is 0 Å². The maximum Gasteiger partial charge on any atom is 0.317 e. The lowest BCUT2D eigenvalue weighted by molar-refractivity contribution is -0.125. The van der Waals surface area contributed by atoms with E-state index in [1.54, 1.807) is 15.9 Å². The topological polar surface area (TPSA) is 131 Å². The maximum atomic E-state index is 12.5. The zero-order valence-electron chi connectivity index (χ0n) is 14.6. The van der Waals surface area contributed by atoms with E-state index in [4.69, 9.17) is 5.73 Å². The van der Waals surface area contributed by atoms with Crippen molar-refractivity contribution >= 4 is 17.9 Å². The number of aliphatic imine (C=N–C) groups is 1. The minimum Gasteiger partial charge on any atom is -0.370 e. The van der Waals surface area contributed by atoms with E-state index in [1.165, 1.54) is 6.33 Å². The molecule has 0 bridgehead atoms. The average Bonchev–Trinajstić information content (AvgIpc) is 3.29. The highest BCUT2D eigenvalue weighted by atomic mass is 16.2. The first-order valence-electron chi connectivity index (χ1n) is 8.70. The Hall–Kier alpha value is -3.43. The third kappa shape index (κ3) is 3.21. The van der Waals surface area contributed by atoms with Crippen LogP contribution in [0, 0.1) is 0 Å². The molecule has 27 heavy (non-hydrogen) atoms. The Morgan fingerprint density at radius 2 is 2.07 bits per heavy atom. The van der Waals surface area contributed by atoms with E-state index < -0.39 is 5.54 Å². The van der Waals surface area contributed by atoms with Crippen molar-refractivity contribution in [2.45, 2.75) is 24.9 Å². The normalized spacial score (nSPS) is 18.3. The van der Waals surface area contributed by atoms with Gasteiger partial charge < -0.3 is 16.0 Å². The van der Waals surface area contributed by atoms with Gasteiger partial charge in [0.1, 0.15) is 18.2 Å². The first-order valence-corrected chi connectivity index (χ1v) is 8.70. The number of urea groups is 1. The number of likely N-dealkylation sites (tertiary alicyclic amines) is 1. The second-order valence-corrected chi connectivity index (χ2v) is 6.60. The maximum absolute atomic E-state index is 12.5. The number of hydrogen-bond acceptors (Lipinski definition) is 6. The smallest absolute Gasteiger partial charge is 0.317 e. The summed E-state index contributed by atoms with van der Waals surface area (Å²) < 4.78 is 1.66. The molecule has 10 heteroatoms. The molecule has 0 saturated carbocycles. The number of rotatable bonds is 3. The Balaban J connectivity index is 1.37. The molecule has 140 valence electrons. The molecule has 0 aliphatic carbocycles. The molecule has 1 spiro atoms. The third-order valence-corrected chi connectivity index (χ3v) is 4.96. The average molecular weight is 368 g/mol. The van der Waals surface area contributed by atoms with E-state index in [0.717, 1.165) is 11.3 Å². The van der Waals surface area contributed by atoms with Crippen molar-refractivity contribution in [1.29, 1.82) is 0 Å². The van der Waals surface area contributed by atoms with Crippen molar-refractivity contribution in [2.24, 2.45) is 10.7 Å². The van der Waals surface area contributed by atoms with Crippen LogP contribution in [0.25, 0.3) is 5.69 Å². The fourth-order valence-corrected chi connectivity index (χ4v) is 3.46. The number of guanidine groups is 1. The van der Waals surface area contributed by atoms with Crippen LogP contribution in [0.2, 0.25) is 0 Å². The number of aromatic nitrogens is 3. The predicted octanol–water partition coefficient (Wildman–Crippen LogP) is -0.244. The number of piperidine rings is 1. The second kappa shape index (κ2) is 6.71. The number of hydrogen-bond donors (Lipinski definition) is 3. The van der Waals surface area contributed by atoms with Crippen molar-refractivity contribution in [3.8, 4) is 5.69 Å². The summed E-state index contributed by atoms with van der Waals surface area (Å²) in [6.07, 6.45) is 4.00. The molecule has 1 aromatic heterocycles. The molecule has 2 aliphatic rings. The Labute approximate surface area is 155 Å². The number of carbonyl (C=O) groups is 2. The molecule has 0 atom stereocenters. The van der Waals surface area contributed by atoms with Crippen LogP contribution in [0.4, 0.5) is 4.79 Å². The zero-order valence-corrected chi connectivity index (χ0v) is 14.6. The Morgan fingerprint density at radius 1 is 1.30 bits per heavy atom. The van der Waals surface area contributed by atoms with Gasteiger partial charge in [-0.25, -0.2) is 19.5 Å². The Bertz CT molecular complexity index is 884. The molecular weight excluding hydrogens is 348 g/mol. The minimum absolute atomic E-state index is 0.155. The zero-order chi connectivity index (χ0) is 18.9. The van der Waals surface area contributed by atoms with Crippen molar-refractivity contribution in [1.82, 2.24) is 30.3 Å². The molecule has 4 rings (SSSR count). The largest absolute Gasteiger partial charge is 0.370 e. The van der Waals surface area contributed by atoms with E-state index in [1.807, 2.05) is 24.3 Å². The monoisotopic (exact) mass is 368 g/mol. The molecule has 1 saturated heterocycles. The van der Waals surface area contributed by atoms with Gasteiger partial charge in [-0.3, -0.25) is 10.1 Å². The number of nitrogens with two attached hydrogens (primary N) is 1. The molecule has 3 heterocycles. The summed E-state index contributed by atoms with van der Waals surface area (Å²) in [5.74, 6) is -0.0237. The highest BCUT2D eigenvalue weighted by Gasteiger charge is 2.45. The van der Waals surface area contributed by atoms with Crippen LogP contribution in [0.15, 0.2) is 41.9 Å². The van der Waals surface area contributed by atoms with Gasteiger partial charge in [0.05, 0.1) is 5.69 Å². The van der Waals surface area contributed by atoms with Gasteiger partial charge >= 0.3 is 6.03 Å². The van der Waals surface area contributed by atoms with Gasteiger partial charge in [-0.2, -0.15) is 5.10 Å². The van der Waals surface area contributed by atoms with Crippen LogP contribution in [-0.2, 0) is 11.3 Å². The van der Waals surface area contributed by atoms with Crippen LogP contribution in [0.5, 0.6) is 0 Å². The van der Waals surface area contributed by atoms with E-state index in [0.29, 0.717) is 32.5 Å². The van der Waals surface area contributed by atoms with E-state index in [-0.39, 0.29) is 17.9 Å². The van der Waals surface area contributed by atoms with Gasteiger partial charge in [-0.1, -0.05) is 18.2 Å². The fraction of sp³-hybridized carbons (Fsp3) is 0.353. The molecule has 0 unspecified atom stereocenters. The van der Waals surface area contributed by atoms with Gasteiger partial charge in [0.25, 0.3) is 5.91 Å². The van der Waals surface area contributed by atoms with Gasteiger partial charge in [0, 0.05) is 19.6 Å². The Morgan fingerprint density at radius 3 is 2.74 bits per heavy atom. The van der Waals surface area contributed by atoms with Crippen molar-refractivity contribution in [2.75, 3.05) is 13.1 Å². The van der Waals surface area contributed by atoms with Crippen molar-refractivity contribution < 1.29 is 9.59 Å². The summed E-state index contributed by atoms with van der Waals surface area (Å²) in [5.41, 5.74) is 6.58. The molecule has 1 fully saturated rings. The molecule has 10 nitrogen and oxygen atoms in total. The summed E-state index contributed by atoms with van der Waals surface area (Å²) >= 11 is 0. The third-order valence-electron chi connectivity index (χ3n) is 4.96. The van der Waals surface area contributed by atoms with E-state index in [9.17, 15) is 9.59 Å². The molecule has 2 aliphatic heterocycles. The minimum atomic E-state index is -0.819. The SMILES string of the molecule is NC1=NC2(CCN(C(=O)NCc3ccccc3-n3cncn3)CC2)C(=O)N1. The van der Waals surface area contributed by atoms with Gasteiger partial charge in [0.2, 0.25) is 0 Å². The summed E-state index contributed by atoms with van der Waals surface area (Å²) in [7, 11) is 0. The van der Waals surface area contributed by atoms with Crippen molar-refractivity contribution in [3.05, 3.63) is 42.5 Å². The van der Waals surface area contributed by atoms with Gasteiger partial charge in [-0.05, 0) is 24.5 Å². The first-order chi connectivity index (χ1) is 13.1. The predicted molar refractivity (Wildman–Crippen MR) is 96.9 cm³/mol. The number of nitrogens with zero attached hydrogens (tertiary/aromatic N) is 5. The van der Waals surface area contributed by atoms with E-state index >= 15 is 0 Å². The fourth-order valence-electron chi connectivity index (χ4n) is 3.46.